The highest BCUT2D eigenvalue weighted by Gasteiger charge is 2.05. The van der Waals surface area contributed by atoms with Gasteiger partial charge < -0.3 is 0 Å². The molecule has 0 bridgehead atoms. The molecule has 0 saturated carbocycles. The molecule has 0 N–H and O–H groups in total. The third-order valence-electron chi connectivity index (χ3n) is 3.32. The van der Waals surface area contributed by atoms with E-state index in [1.165, 1.54) is 10.2 Å². The van der Waals surface area contributed by atoms with Crippen molar-refractivity contribution >= 4 is 17.1 Å². The van der Waals surface area contributed by atoms with Gasteiger partial charge in [0.25, 0.3) is 5.56 Å². The average molecular weight is 277 g/mol. The molecule has 1 heterocycles. The third kappa shape index (κ3) is 2.60. The molecule has 0 fully saturated rings. The molecule has 0 atom stereocenters. The summed E-state index contributed by atoms with van der Waals surface area (Å²) in [6.45, 7) is 3.81. The van der Waals surface area contributed by atoms with Gasteiger partial charge in [0.2, 0.25) is 0 Å². The van der Waals surface area contributed by atoms with Crippen LogP contribution in [0.15, 0.2) is 58.4 Å². The summed E-state index contributed by atoms with van der Waals surface area (Å²) in [4.78, 5) is 16.8. The third-order valence-corrected chi connectivity index (χ3v) is 3.32. The highest BCUT2D eigenvalue weighted by molar-refractivity contribution is 5.80. The fraction of sp³-hybridized carbons (Fsp3) is 0.118. The molecule has 0 unspecified atom stereocenters. The van der Waals surface area contributed by atoms with Crippen LogP contribution >= 0.6 is 0 Å². The van der Waals surface area contributed by atoms with Crippen LogP contribution in [0.25, 0.3) is 10.9 Å². The summed E-state index contributed by atoms with van der Waals surface area (Å²) in [5.41, 5.74) is 2.68. The van der Waals surface area contributed by atoms with Crippen LogP contribution in [0.3, 0.4) is 0 Å². The van der Waals surface area contributed by atoms with E-state index in [0.29, 0.717) is 16.7 Å². The van der Waals surface area contributed by atoms with Gasteiger partial charge in [-0.2, -0.15) is 9.78 Å². The Morgan fingerprint density at radius 1 is 1.05 bits per heavy atom. The van der Waals surface area contributed by atoms with Gasteiger partial charge in [0, 0.05) is 0 Å². The first-order valence-electron chi connectivity index (χ1n) is 6.74. The summed E-state index contributed by atoms with van der Waals surface area (Å²) in [6.07, 6.45) is 1.67. The van der Waals surface area contributed by atoms with E-state index in [1.54, 1.807) is 19.2 Å². The lowest BCUT2D eigenvalue weighted by molar-refractivity contribution is 0.771. The van der Waals surface area contributed by atoms with Crippen LogP contribution in [0.1, 0.15) is 17.0 Å². The lowest BCUT2D eigenvalue weighted by Gasteiger charge is -2.05. The fourth-order valence-electron chi connectivity index (χ4n) is 2.15. The molecule has 2 aromatic carbocycles. The van der Waals surface area contributed by atoms with Crippen molar-refractivity contribution in [3.05, 3.63) is 75.8 Å². The minimum absolute atomic E-state index is 0.151. The van der Waals surface area contributed by atoms with E-state index in [-0.39, 0.29) is 5.56 Å². The Labute approximate surface area is 122 Å². The maximum absolute atomic E-state index is 12.4. The number of aryl methyl sites for hydroxylation is 2. The Morgan fingerprint density at radius 3 is 2.52 bits per heavy atom. The van der Waals surface area contributed by atoms with Gasteiger partial charge in [-0.15, -0.1) is 0 Å². The van der Waals surface area contributed by atoms with E-state index >= 15 is 0 Å². The van der Waals surface area contributed by atoms with Gasteiger partial charge in [0.15, 0.2) is 0 Å². The molecule has 0 saturated heterocycles. The standard InChI is InChI=1S/C17H15N3O/c1-12-7-9-14(10-8-12)11-18-20-13(2)19-16-6-4-3-5-15(16)17(20)21/h3-11H,1-2H3. The highest BCUT2D eigenvalue weighted by Crippen LogP contribution is 2.07. The molecular formula is C17H15N3O. The van der Waals surface area contributed by atoms with Crippen LogP contribution in [0, 0.1) is 13.8 Å². The van der Waals surface area contributed by atoms with Gasteiger partial charge in [-0.05, 0) is 31.5 Å². The van der Waals surface area contributed by atoms with Crippen molar-refractivity contribution in [1.29, 1.82) is 0 Å². The lowest BCUT2D eigenvalue weighted by Crippen LogP contribution is -2.20. The van der Waals surface area contributed by atoms with E-state index < -0.39 is 0 Å². The van der Waals surface area contributed by atoms with Crippen LogP contribution in [0.5, 0.6) is 0 Å². The van der Waals surface area contributed by atoms with Gasteiger partial charge in [-0.25, -0.2) is 4.98 Å². The van der Waals surface area contributed by atoms with Crippen LogP contribution in [-0.2, 0) is 0 Å². The molecule has 1 aromatic heterocycles. The second kappa shape index (κ2) is 5.32. The average Bonchev–Trinajstić information content (AvgIpc) is 2.49. The molecule has 0 amide bonds. The maximum Gasteiger partial charge on any atom is 0.282 e. The summed E-state index contributed by atoms with van der Waals surface area (Å²) in [6, 6.07) is 15.2. The number of aromatic nitrogens is 2. The normalized spacial score (nSPS) is 11.3. The number of fused-ring (bicyclic) bond motifs is 1. The molecule has 0 aliphatic rings. The molecule has 21 heavy (non-hydrogen) atoms. The van der Waals surface area contributed by atoms with Crippen molar-refractivity contribution in [3.63, 3.8) is 0 Å². The molecule has 0 radical (unpaired) electrons. The predicted octanol–water partition coefficient (Wildman–Crippen LogP) is 2.90. The van der Waals surface area contributed by atoms with Gasteiger partial charge in [-0.1, -0.05) is 42.0 Å². The van der Waals surface area contributed by atoms with E-state index in [2.05, 4.69) is 10.1 Å². The van der Waals surface area contributed by atoms with Crippen molar-refractivity contribution < 1.29 is 0 Å². The van der Waals surface area contributed by atoms with Crippen molar-refractivity contribution in [3.8, 4) is 0 Å². The number of para-hydroxylation sites is 1. The second-order valence-corrected chi connectivity index (χ2v) is 4.95. The molecule has 104 valence electrons. The van der Waals surface area contributed by atoms with Gasteiger partial charge >= 0.3 is 0 Å². The number of hydrogen-bond donors (Lipinski definition) is 0. The molecule has 4 nitrogen and oxygen atoms in total. The maximum atomic E-state index is 12.4. The zero-order valence-corrected chi connectivity index (χ0v) is 11.9. The fourth-order valence-corrected chi connectivity index (χ4v) is 2.15. The zero-order valence-electron chi connectivity index (χ0n) is 11.9. The van der Waals surface area contributed by atoms with Gasteiger partial charge in [0.05, 0.1) is 17.1 Å². The van der Waals surface area contributed by atoms with E-state index in [1.807, 2.05) is 49.4 Å². The summed E-state index contributed by atoms with van der Waals surface area (Å²) < 4.78 is 1.34. The minimum Gasteiger partial charge on any atom is -0.267 e. The van der Waals surface area contributed by atoms with Crippen molar-refractivity contribution in [2.75, 3.05) is 0 Å². The number of hydrogen-bond acceptors (Lipinski definition) is 3. The lowest BCUT2D eigenvalue weighted by atomic mass is 10.2. The van der Waals surface area contributed by atoms with Crippen LogP contribution in [-0.4, -0.2) is 15.9 Å². The largest absolute Gasteiger partial charge is 0.282 e. The first kappa shape index (κ1) is 13.2. The Bertz CT molecular complexity index is 877. The Kier molecular flexibility index (Phi) is 3.36. The number of nitrogens with zero attached hydrogens (tertiary/aromatic N) is 3. The Morgan fingerprint density at radius 2 is 1.76 bits per heavy atom. The summed E-state index contributed by atoms with van der Waals surface area (Å²) in [7, 11) is 0. The van der Waals surface area contributed by atoms with E-state index in [4.69, 9.17) is 0 Å². The topological polar surface area (TPSA) is 47.2 Å². The van der Waals surface area contributed by atoms with Crippen molar-refractivity contribution in [1.82, 2.24) is 9.66 Å². The van der Waals surface area contributed by atoms with Crippen LogP contribution < -0.4 is 5.56 Å². The number of rotatable bonds is 2. The molecule has 4 heteroatoms. The molecule has 0 spiro atoms. The van der Waals surface area contributed by atoms with Gasteiger partial charge in [-0.3, -0.25) is 4.79 Å². The van der Waals surface area contributed by atoms with Crippen LogP contribution in [0.4, 0.5) is 0 Å². The smallest absolute Gasteiger partial charge is 0.267 e. The molecular weight excluding hydrogens is 262 g/mol. The first-order valence-corrected chi connectivity index (χ1v) is 6.74. The van der Waals surface area contributed by atoms with E-state index in [0.717, 1.165) is 5.56 Å². The summed E-state index contributed by atoms with van der Waals surface area (Å²) in [5.74, 6) is 0.571. The second-order valence-electron chi connectivity index (χ2n) is 4.95. The number of benzene rings is 2. The van der Waals surface area contributed by atoms with Crippen molar-refractivity contribution in [2.45, 2.75) is 13.8 Å². The predicted molar refractivity (Wildman–Crippen MR) is 84.9 cm³/mol. The van der Waals surface area contributed by atoms with Crippen molar-refractivity contribution in [2.24, 2.45) is 5.10 Å². The van der Waals surface area contributed by atoms with E-state index in [9.17, 15) is 4.79 Å². The Balaban J connectivity index is 2.08. The molecule has 3 rings (SSSR count). The monoisotopic (exact) mass is 277 g/mol. The van der Waals surface area contributed by atoms with Crippen LogP contribution in [0.2, 0.25) is 0 Å². The SMILES string of the molecule is Cc1ccc(C=Nn2c(C)nc3ccccc3c2=O)cc1. The first-order chi connectivity index (χ1) is 10.1. The molecule has 0 aliphatic carbocycles. The van der Waals surface area contributed by atoms with Gasteiger partial charge in [0.1, 0.15) is 5.82 Å². The molecule has 3 aromatic rings. The zero-order chi connectivity index (χ0) is 14.8. The summed E-state index contributed by atoms with van der Waals surface area (Å²) >= 11 is 0. The summed E-state index contributed by atoms with van der Waals surface area (Å²) in [5, 5.41) is 4.85. The Hall–Kier alpha value is -2.75. The molecule has 0 aliphatic heterocycles. The quantitative estimate of drug-likeness (QED) is 0.676. The highest BCUT2D eigenvalue weighted by atomic mass is 16.1. The minimum atomic E-state index is -0.151.